The lowest BCUT2D eigenvalue weighted by Crippen LogP contribution is -2.44. The Balaban J connectivity index is 2.12. The number of rotatable bonds is 2. The molecule has 2 rings (SSSR count). The summed E-state index contributed by atoms with van der Waals surface area (Å²) < 4.78 is 0. The molecule has 114 valence electrons. The highest BCUT2D eigenvalue weighted by Gasteiger charge is 2.36. The molecule has 4 heteroatoms. The number of carbonyl (C=O) groups is 2. The number of aryl methyl sites for hydroxylation is 2. The van der Waals surface area contributed by atoms with E-state index in [1.807, 2.05) is 52.8 Å². The van der Waals surface area contributed by atoms with E-state index >= 15 is 0 Å². The molecule has 0 radical (unpaired) electrons. The summed E-state index contributed by atoms with van der Waals surface area (Å²) in [5, 5.41) is 2.96. The van der Waals surface area contributed by atoms with Crippen molar-refractivity contribution in [2.45, 2.75) is 46.6 Å². The molecule has 1 unspecified atom stereocenters. The third-order valence-corrected chi connectivity index (χ3v) is 3.80. The van der Waals surface area contributed by atoms with Crippen molar-refractivity contribution < 1.29 is 9.59 Å². The van der Waals surface area contributed by atoms with Crippen molar-refractivity contribution in [3.63, 3.8) is 0 Å². The molecule has 0 spiro atoms. The second-order valence-corrected chi connectivity index (χ2v) is 6.91. The van der Waals surface area contributed by atoms with E-state index in [4.69, 9.17) is 0 Å². The number of nitrogens with zero attached hydrogens (tertiary/aromatic N) is 1. The molecule has 0 saturated carbocycles. The van der Waals surface area contributed by atoms with Gasteiger partial charge >= 0.3 is 0 Å². The summed E-state index contributed by atoms with van der Waals surface area (Å²) in [6.45, 7) is 10.4. The van der Waals surface area contributed by atoms with Gasteiger partial charge in [0.15, 0.2) is 0 Å². The van der Waals surface area contributed by atoms with E-state index in [9.17, 15) is 9.59 Å². The topological polar surface area (TPSA) is 49.4 Å². The molecule has 2 amide bonds. The first-order valence-corrected chi connectivity index (χ1v) is 7.37. The molecule has 1 N–H and O–H groups in total. The van der Waals surface area contributed by atoms with Crippen LogP contribution < -0.4 is 10.2 Å². The fraction of sp³-hybridized carbons (Fsp3) is 0.529. The van der Waals surface area contributed by atoms with Crippen LogP contribution in [0.4, 0.5) is 5.69 Å². The SMILES string of the molecule is Cc1ccc(N2CC(C(=O)NC(C)(C)C)CC2=O)cc1C. The lowest BCUT2D eigenvalue weighted by Gasteiger charge is -2.23. The average molecular weight is 288 g/mol. The van der Waals surface area contributed by atoms with Crippen LogP contribution in [0.1, 0.15) is 38.3 Å². The van der Waals surface area contributed by atoms with E-state index in [2.05, 4.69) is 5.32 Å². The highest BCUT2D eigenvalue weighted by Crippen LogP contribution is 2.27. The smallest absolute Gasteiger partial charge is 0.227 e. The van der Waals surface area contributed by atoms with Crippen LogP contribution in [0.5, 0.6) is 0 Å². The highest BCUT2D eigenvalue weighted by atomic mass is 16.2. The summed E-state index contributed by atoms with van der Waals surface area (Å²) in [6, 6.07) is 5.97. The average Bonchev–Trinajstić information content (AvgIpc) is 2.73. The monoisotopic (exact) mass is 288 g/mol. The van der Waals surface area contributed by atoms with Crippen molar-refractivity contribution in [3.8, 4) is 0 Å². The van der Waals surface area contributed by atoms with Gasteiger partial charge in [0, 0.05) is 24.2 Å². The van der Waals surface area contributed by atoms with E-state index in [0.717, 1.165) is 11.3 Å². The first-order chi connectivity index (χ1) is 9.67. The Hall–Kier alpha value is -1.84. The third-order valence-electron chi connectivity index (χ3n) is 3.80. The number of nitrogens with one attached hydrogen (secondary N) is 1. The predicted molar refractivity (Wildman–Crippen MR) is 84.3 cm³/mol. The van der Waals surface area contributed by atoms with Gasteiger partial charge in [0.25, 0.3) is 0 Å². The molecule has 1 aliphatic rings. The Kier molecular flexibility index (Phi) is 4.08. The molecule has 1 heterocycles. The molecule has 21 heavy (non-hydrogen) atoms. The molecule has 1 aromatic carbocycles. The van der Waals surface area contributed by atoms with Crippen molar-refractivity contribution in [1.82, 2.24) is 5.32 Å². The maximum absolute atomic E-state index is 12.2. The van der Waals surface area contributed by atoms with Crippen LogP contribution in [0.2, 0.25) is 0 Å². The molecule has 1 atom stereocenters. The van der Waals surface area contributed by atoms with E-state index in [-0.39, 0.29) is 29.7 Å². The van der Waals surface area contributed by atoms with E-state index in [0.29, 0.717) is 6.54 Å². The number of anilines is 1. The minimum atomic E-state index is -0.270. The van der Waals surface area contributed by atoms with Gasteiger partial charge in [0.1, 0.15) is 0 Å². The number of hydrogen-bond donors (Lipinski definition) is 1. The van der Waals surface area contributed by atoms with Gasteiger partial charge in [-0.1, -0.05) is 6.07 Å². The first-order valence-electron chi connectivity index (χ1n) is 7.37. The van der Waals surface area contributed by atoms with Gasteiger partial charge in [-0.2, -0.15) is 0 Å². The molecule has 0 aliphatic carbocycles. The Morgan fingerprint density at radius 1 is 1.24 bits per heavy atom. The van der Waals surface area contributed by atoms with E-state index in [1.165, 1.54) is 5.56 Å². The summed E-state index contributed by atoms with van der Waals surface area (Å²) in [6.07, 6.45) is 0.287. The Morgan fingerprint density at radius 3 is 2.48 bits per heavy atom. The number of hydrogen-bond acceptors (Lipinski definition) is 2. The van der Waals surface area contributed by atoms with Crippen LogP contribution in [-0.4, -0.2) is 23.9 Å². The van der Waals surface area contributed by atoms with Crippen molar-refractivity contribution in [1.29, 1.82) is 0 Å². The minimum Gasteiger partial charge on any atom is -0.351 e. The molecular weight excluding hydrogens is 264 g/mol. The van der Waals surface area contributed by atoms with Gasteiger partial charge < -0.3 is 10.2 Å². The lowest BCUT2D eigenvalue weighted by molar-refractivity contribution is -0.127. The van der Waals surface area contributed by atoms with Crippen LogP contribution in [0.3, 0.4) is 0 Å². The maximum atomic E-state index is 12.2. The molecule has 1 aliphatic heterocycles. The predicted octanol–water partition coefficient (Wildman–Crippen LogP) is 2.57. The second-order valence-electron chi connectivity index (χ2n) is 6.91. The van der Waals surface area contributed by atoms with Gasteiger partial charge in [-0.25, -0.2) is 0 Å². The molecule has 1 saturated heterocycles. The van der Waals surface area contributed by atoms with Crippen molar-refractivity contribution >= 4 is 17.5 Å². The minimum absolute atomic E-state index is 0.0207. The zero-order valence-corrected chi connectivity index (χ0v) is 13.5. The normalized spacial score (nSPS) is 19.0. The maximum Gasteiger partial charge on any atom is 0.227 e. The lowest BCUT2D eigenvalue weighted by atomic mass is 10.0. The largest absolute Gasteiger partial charge is 0.351 e. The molecular formula is C17H24N2O2. The third kappa shape index (κ3) is 3.63. The first kappa shape index (κ1) is 15.5. The summed E-state index contributed by atoms with van der Waals surface area (Å²) >= 11 is 0. The molecule has 0 aromatic heterocycles. The zero-order valence-electron chi connectivity index (χ0n) is 13.5. The Bertz CT molecular complexity index is 573. The Morgan fingerprint density at radius 2 is 1.90 bits per heavy atom. The van der Waals surface area contributed by atoms with E-state index in [1.54, 1.807) is 4.90 Å². The van der Waals surface area contributed by atoms with Gasteiger partial charge in [-0.05, 0) is 57.9 Å². The zero-order chi connectivity index (χ0) is 15.8. The second kappa shape index (κ2) is 5.51. The highest BCUT2D eigenvalue weighted by molar-refractivity contribution is 6.00. The van der Waals surface area contributed by atoms with Crippen LogP contribution >= 0.6 is 0 Å². The van der Waals surface area contributed by atoms with Crippen LogP contribution in [0.25, 0.3) is 0 Å². The summed E-state index contributed by atoms with van der Waals surface area (Å²) in [4.78, 5) is 26.1. The number of amides is 2. The standard InChI is InChI=1S/C17H24N2O2/c1-11-6-7-14(8-12(11)2)19-10-13(9-15(19)20)16(21)18-17(3,4)5/h6-8,13H,9-10H2,1-5H3,(H,18,21). The fourth-order valence-electron chi connectivity index (χ4n) is 2.50. The van der Waals surface area contributed by atoms with Crippen LogP contribution in [-0.2, 0) is 9.59 Å². The molecule has 4 nitrogen and oxygen atoms in total. The van der Waals surface area contributed by atoms with Crippen LogP contribution in [0.15, 0.2) is 18.2 Å². The van der Waals surface area contributed by atoms with Crippen molar-refractivity contribution in [2.75, 3.05) is 11.4 Å². The number of carbonyl (C=O) groups excluding carboxylic acids is 2. The Labute approximate surface area is 126 Å². The summed E-state index contributed by atoms with van der Waals surface area (Å²) in [5.41, 5.74) is 2.97. The van der Waals surface area contributed by atoms with Gasteiger partial charge in [-0.15, -0.1) is 0 Å². The van der Waals surface area contributed by atoms with Crippen molar-refractivity contribution in [3.05, 3.63) is 29.3 Å². The van der Waals surface area contributed by atoms with Gasteiger partial charge in [-0.3, -0.25) is 9.59 Å². The fourth-order valence-corrected chi connectivity index (χ4v) is 2.50. The summed E-state index contributed by atoms with van der Waals surface area (Å²) in [5.74, 6) is -0.284. The van der Waals surface area contributed by atoms with E-state index < -0.39 is 0 Å². The number of benzene rings is 1. The molecule has 1 fully saturated rings. The summed E-state index contributed by atoms with van der Waals surface area (Å²) in [7, 11) is 0. The van der Waals surface area contributed by atoms with Gasteiger partial charge in [0.05, 0.1) is 5.92 Å². The molecule has 1 aromatic rings. The van der Waals surface area contributed by atoms with Crippen molar-refractivity contribution in [2.24, 2.45) is 5.92 Å². The van der Waals surface area contributed by atoms with Gasteiger partial charge in [0.2, 0.25) is 11.8 Å². The van der Waals surface area contributed by atoms with Crippen LogP contribution in [0, 0.1) is 19.8 Å². The molecule has 0 bridgehead atoms. The quantitative estimate of drug-likeness (QED) is 0.909.